The fourth-order valence-corrected chi connectivity index (χ4v) is 5.92. The molecule has 0 rings (SSSR count). The molecule has 1 unspecified atom stereocenters. The van der Waals surface area contributed by atoms with E-state index in [4.69, 9.17) is 24.8 Å². The zero-order chi connectivity index (χ0) is 38.5. The first-order chi connectivity index (χ1) is 25.1. The molecule has 0 aromatic carbocycles. The van der Waals surface area contributed by atoms with Gasteiger partial charge in [-0.3, -0.25) is 23.4 Å². The van der Waals surface area contributed by atoms with Crippen molar-refractivity contribution in [2.75, 3.05) is 19.8 Å². The van der Waals surface area contributed by atoms with Crippen molar-refractivity contribution < 1.29 is 47.5 Å². The molecule has 0 heterocycles. The van der Waals surface area contributed by atoms with Crippen LogP contribution in [0.1, 0.15) is 168 Å². The number of carbonyl (C=O) groups is 3. The van der Waals surface area contributed by atoms with Gasteiger partial charge in [-0.2, -0.15) is 0 Å². The number of carbonyl (C=O) groups excluding carboxylic acids is 2. The first-order valence-electron chi connectivity index (χ1n) is 20.0. The van der Waals surface area contributed by atoms with Crippen LogP contribution in [0.5, 0.6) is 0 Å². The van der Waals surface area contributed by atoms with Gasteiger partial charge in [0.2, 0.25) is 0 Å². The fraction of sp³-hybridized carbons (Fsp3) is 0.775. The number of carboxylic acid groups (broad SMARTS) is 1. The van der Waals surface area contributed by atoms with Gasteiger partial charge in [0, 0.05) is 12.8 Å². The maximum Gasteiger partial charge on any atom is 0.472 e. The van der Waals surface area contributed by atoms with E-state index in [1.807, 2.05) is 0 Å². The lowest BCUT2D eigenvalue weighted by Gasteiger charge is -2.20. The molecular formula is C40H72NO10P. The first-order valence-corrected chi connectivity index (χ1v) is 21.5. The SMILES string of the molecule is CCCCCC=CCC=CCCCCCCCC(=O)OC[C@H](COP(=O)(O)OC[C@H](N)C(=O)O)OC(=O)CCCCCCCC=CCCCCCC. The molecule has 302 valence electrons. The third-order valence-corrected chi connectivity index (χ3v) is 9.31. The summed E-state index contributed by atoms with van der Waals surface area (Å²) in [5.41, 5.74) is 5.32. The summed E-state index contributed by atoms with van der Waals surface area (Å²) >= 11 is 0. The summed E-state index contributed by atoms with van der Waals surface area (Å²) in [6, 6.07) is -1.52. The van der Waals surface area contributed by atoms with Crippen LogP contribution in [-0.4, -0.2) is 59.9 Å². The number of allylic oxidation sites excluding steroid dienone is 6. The zero-order valence-corrected chi connectivity index (χ0v) is 33.3. The Morgan fingerprint density at radius 3 is 1.56 bits per heavy atom. The van der Waals surface area contributed by atoms with Gasteiger partial charge in [0.05, 0.1) is 13.2 Å². The minimum absolute atomic E-state index is 0.148. The average Bonchev–Trinajstić information content (AvgIpc) is 3.12. The fourth-order valence-electron chi connectivity index (χ4n) is 5.15. The standard InChI is InChI=1S/C40H72NO10P/c1-3-5-7-9-11-13-15-17-18-20-21-23-25-27-29-31-38(42)48-33-36(34-49-52(46,47)50-35-37(41)40(44)45)51-39(43)32-30-28-26-24-22-19-16-14-12-10-8-6-4-2/h11,13-14,16-18,36-37H,3-10,12,15,19-35,41H2,1-2H3,(H,44,45)(H,46,47)/t36-,37+/m1/s1. The minimum Gasteiger partial charge on any atom is -0.480 e. The van der Waals surface area contributed by atoms with Gasteiger partial charge < -0.3 is 25.2 Å². The predicted octanol–water partition coefficient (Wildman–Crippen LogP) is 10.1. The van der Waals surface area contributed by atoms with Crippen molar-refractivity contribution in [1.29, 1.82) is 0 Å². The lowest BCUT2D eigenvalue weighted by atomic mass is 10.1. The monoisotopic (exact) mass is 757 g/mol. The van der Waals surface area contributed by atoms with E-state index in [0.29, 0.717) is 12.8 Å². The van der Waals surface area contributed by atoms with Crippen molar-refractivity contribution in [2.24, 2.45) is 5.73 Å². The quantitative estimate of drug-likeness (QED) is 0.0238. The van der Waals surface area contributed by atoms with E-state index in [-0.39, 0.29) is 19.4 Å². The molecule has 0 fully saturated rings. The number of phosphoric ester groups is 1. The number of hydrogen-bond acceptors (Lipinski definition) is 9. The van der Waals surface area contributed by atoms with E-state index in [0.717, 1.165) is 83.5 Å². The molecule has 0 aliphatic carbocycles. The van der Waals surface area contributed by atoms with Gasteiger partial charge in [-0.1, -0.05) is 121 Å². The van der Waals surface area contributed by atoms with E-state index < -0.39 is 51.1 Å². The predicted molar refractivity (Wildman–Crippen MR) is 208 cm³/mol. The van der Waals surface area contributed by atoms with E-state index in [2.05, 4.69) is 54.8 Å². The molecule has 0 amide bonds. The Bertz CT molecular complexity index is 1030. The first kappa shape index (κ1) is 49.7. The molecule has 12 heteroatoms. The van der Waals surface area contributed by atoms with Crippen molar-refractivity contribution in [1.82, 2.24) is 0 Å². The smallest absolute Gasteiger partial charge is 0.472 e. The summed E-state index contributed by atoms with van der Waals surface area (Å²) in [5, 5.41) is 8.86. The van der Waals surface area contributed by atoms with Gasteiger partial charge in [-0.05, 0) is 70.6 Å². The topological polar surface area (TPSA) is 172 Å². The summed E-state index contributed by atoms with van der Waals surface area (Å²) in [7, 11) is -4.72. The van der Waals surface area contributed by atoms with Gasteiger partial charge in [-0.25, -0.2) is 4.57 Å². The van der Waals surface area contributed by atoms with Crippen LogP contribution in [-0.2, 0) is 37.5 Å². The van der Waals surface area contributed by atoms with Gasteiger partial charge in [0.1, 0.15) is 12.6 Å². The molecule has 0 spiro atoms. The molecule has 0 saturated carbocycles. The molecule has 0 aromatic rings. The Morgan fingerprint density at radius 1 is 0.596 bits per heavy atom. The van der Waals surface area contributed by atoms with Gasteiger partial charge in [0.15, 0.2) is 6.10 Å². The Kier molecular flexibility index (Phi) is 34.1. The normalized spacial score (nSPS) is 14.2. The largest absolute Gasteiger partial charge is 0.480 e. The third kappa shape index (κ3) is 34.8. The van der Waals surface area contributed by atoms with Crippen molar-refractivity contribution >= 4 is 25.7 Å². The highest BCUT2D eigenvalue weighted by Crippen LogP contribution is 2.43. The summed E-state index contributed by atoms with van der Waals surface area (Å²) < 4.78 is 32.6. The van der Waals surface area contributed by atoms with Crippen molar-refractivity contribution in [3.8, 4) is 0 Å². The van der Waals surface area contributed by atoms with Crippen LogP contribution < -0.4 is 5.73 Å². The third-order valence-electron chi connectivity index (χ3n) is 8.36. The molecule has 52 heavy (non-hydrogen) atoms. The maximum atomic E-state index is 12.6. The molecule has 4 N–H and O–H groups in total. The Hall–Kier alpha value is -2.30. The number of esters is 2. The number of rotatable bonds is 37. The second-order valence-electron chi connectivity index (χ2n) is 13.4. The van der Waals surface area contributed by atoms with Gasteiger partial charge in [-0.15, -0.1) is 0 Å². The molecule has 3 atom stereocenters. The number of nitrogens with two attached hydrogens (primary N) is 1. The van der Waals surface area contributed by atoms with Gasteiger partial charge >= 0.3 is 25.7 Å². The van der Waals surface area contributed by atoms with E-state index in [1.165, 1.54) is 44.9 Å². The Labute approximate surface area is 314 Å². The number of aliphatic carboxylic acids is 1. The summed E-state index contributed by atoms with van der Waals surface area (Å²) in [6.45, 7) is 2.72. The number of ether oxygens (including phenoxy) is 2. The van der Waals surface area contributed by atoms with E-state index >= 15 is 0 Å². The minimum atomic E-state index is -4.72. The molecule has 0 aliphatic rings. The summed E-state index contributed by atoms with van der Waals surface area (Å²) in [6.07, 6.45) is 36.4. The molecular weight excluding hydrogens is 685 g/mol. The average molecular weight is 758 g/mol. The van der Waals surface area contributed by atoms with Crippen LogP contribution >= 0.6 is 7.82 Å². The number of phosphoric acid groups is 1. The molecule has 0 radical (unpaired) electrons. The van der Waals surface area contributed by atoms with Crippen LogP contribution in [0.2, 0.25) is 0 Å². The highest BCUT2D eigenvalue weighted by molar-refractivity contribution is 7.47. The molecule has 0 bridgehead atoms. The molecule has 0 saturated heterocycles. The Morgan fingerprint density at radius 2 is 1.02 bits per heavy atom. The highest BCUT2D eigenvalue weighted by Gasteiger charge is 2.28. The lowest BCUT2D eigenvalue weighted by molar-refractivity contribution is -0.161. The Balaban J connectivity index is 4.45. The summed E-state index contributed by atoms with van der Waals surface area (Å²) in [4.78, 5) is 45.8. The second kappa shape index (κ2) is 35.7. The molecule has 0 aliphatic heterocycles. The zero-order valence-electron chi connectivity index (χ0n) is 32.4. The van der Waals surface area contributed by atoms with Crippen molar-refractivity contribution in [3.63, 3.8) is 0 Å². The molecule has 11 nitrogen and oxygen atoms in total. The maximum absolute atomic E-state index is 12.6. The number of unbranched alkanes of at least 4 members (excludes halogenated alkanes) is 17. The van der Waals surface area contributed by atoms with Crippen LogP contribution in [0.15, 0.2) is 36.5 Å². The van der Waals surface area contributed by atoms with Gasteiger partial charge in [0.25, 0.3) is 0 Å². The van der Waals surface area contributed by atoms with Crippen LogP contribution in [0.3, 0.4) is 0 Å². The van der Waals surface area contributed by atoms with Crippen LogP contribution in [0, 0.1) is 0 Å². The van der Waals surface area contributed by atoms with Crippen molar-refractivity contribution in [2.45, 2.75) is 180 Å². The van der Waals surface area contributed by atoms with E-state index in [9.17, 15) is 23.8 Å². The summed E-state index contributed by atoms with van der Waals surface area (Å²) in [5.74, 6) is -2.41. The second-order valence-corrected chi connectivity index (χ2v) is 14.9. The highest BCUT2D eigenvalue weighted by atomic mass is 31.2. The molecule has 0 aromatic heterocycles. The lowest BCUT2D eigenvalue weighted by Crippen LogP contribution is -2.34. The van der Waals surface area contributed by atoms with Crippen LogP contribution in [0.25, 0.3) is 0 Å². The van der Waals surface area contributed by atoms with Crippen molar-refractivity contribution in [3.05, 3.63) is 36.5 Å². The number of carboxylic acids is 1. The van der Waals surface area contributed by atoms with Crippen LogP contribution in [0.4, 0.5) is 0 Å². The van der Waals surface area contributed by atoms with E-state index in [1.54, 1.807) is 0 Å². The number of hydrogen-bond donors (Lipinski definition) is 3.